The third kappa shape index (κ3) is 3.45. The summed E-state index contributed by atoms with van der Waals surface area (Å²) in [5.41, 5.74) is 4.59. The molecule has 0 aromatic heterocycles. The highest BCUT2D eigenvalue weighted by molar-refractivity contribution is 5.99. The van der Waals surface area contributed by atoms with E-state index in [-0.39, 0.29) is 0 Å². The number of hydrogen-bond donors (Lipinski definition) is 2. The van der Waals surface area contributed by atoms with Crippen LogP contribution in [0.15, 0.2) is 0 Å². The first-order chi connectivity index (χ1) is 8.66. The number of amides is 2. The van der Waals surface area contributed by atoms with Gasteiger partial charge in [0.1, 0.15) is 12.0 Å². The average molecular weight is 270 g/mol. The van der Waals surface area contributed by atoms with Crippen LogP contribution in [0.2, 0.25) is 0 Å². The molecule has 1 heterocycles. The number of piperidine rings is 1. The van der Waals surface area contributed by atoms with Crippen molar-refractivity contribution in [3.63, 3.8) is 0 Å². The summed E-state index contributed by atoms with van der Waals surface area (Å²) in [7, 11) is 0. The van der Waals surface area contributed by atoms with E-state index in [1.165, 1.54) is 4.90 Å². The maximum Gasteiger partial charge on any atom is 0.316 e. The summed E-state index contributed by atoms with van der Waals surface area (Å²) in [5.74, 6) is -3.40. The number of hydrogen-bond acceptors (Lipinski definition) is 3. The van der Waals surface area contributed by atoms with E-state index in [4.69, 9.17) is 5.73 Å². The standard InChI is InChI=1S/C13H22N2O4/c1-13(2,3)9(12(18)19)11(17)15-7-5-4-6-8(15)10(14)16/h8-9H,4-7H2,1-3H3,(H2,14,16)(H,18,19). The topological polar surface area (TPSA) is 101 Å². The molecule has 0 aromatic carbocycles. The molecule has 6 heteroatoms. The lowest BCUT2D eigenvalue weighted by Gasteiger charge is -2.38. The Labute approximate surface area is 112 Å². The quantitative estimate of drug-likeness (QED) is 0.733. The lowest BCUT2D eigenvalue weighted by molar-refractivity contribution is -0.159. The molecule has 1 rings (SSSR count). The number of aliphatic carboxylic acids is 1. The van der Waals surface area contributed by atoms with Crippen molar-refractivity contribution >= 4 is 17.8 Å². The van der Waals surface area contributed by atoms with E-state index in [1.54, 1.807) is 20.8 Å². The molecule has 19 heavy (non-hydrogen) atoms. The number of carbonyl (C=O) groups excluding carboxylic acids is 2. The second kappa shape index (κ2) is 5.59. The highest BCUT2D eigenvalue weighted by Crippen LogP contribution is 2.30. The molecule has 2 atom stereocenters. The van der Waals surface area contributed by atoms with E-state index >= 15 is 0 Å². The molecule has 2 amide bonds. The van der Waals surface area contributed by atoms with Crippen molar-refractivity contribution in [2.75, 3.05) is 6.54 Å². The molecule has 1 aliphatic heterocycles. The summed E-state index contributed by atoms with van der Waals surface area (Å²) >= 11 is 0. The van der Waals surface area contributed by atoms with Gasteiger partial charge in [-0.1, -0.05) is 20.8 Å². The molecule has 0 spiro atoms. The number of primary amides is 1. The molecule has 0 radical (unpaired) electrons. The van der Waals surface area contributed by atoms with Crippen LogP contribution < -0.4 is 5.73 Å². The first kappa shape index (κ1) is 15.5. The fourth-order valence-electron chi connectivity index (χ4n) is 2.50. The normalized spacial score (nSPS) is 21.8. The highest BCUT2D eigenvalue weighted by atomic mass is 16.4. The van der Waals surface area contributed by atoms with Gasteiger partial charge in [0, 0.05) is 6.54 Å². The van der Waals surface area contributed by atoms with Crippen LogP contribution >= 0.6 is 0 Å². The van der Waals surface area contributed by atoms with Crippen molar-refractivity contribution in [2.24, 2.45) is 17.1 Å². The number of likely N-dealkylation sites (tertiary alicyclic amines) is 1. The summed E-state index contributed by atoms with van der Waals surface area (Å²) < 4.78 is 0. The lowest BCUT2D eigenvalue weighted by atomic mass is 9.79. The molecule has 0 saturated carbocycles. The van der Waals surface area contributed by atoms with Crippen LogP contribution in [0.4, 0.5) is 0 Å². The zero-order valence-electron chi connectivity index (χ0n) is 11.7. The number of carbonyl (C=O) groups is 3. The van der Waals surface area contributed by atoms with Crippen LogP contribution in [0.1, 0.15) is 40.0 Å². The first-order valence-corrected chi connectivity index (χ1v) is 6.49. The van der Waals surface area contributed by atoms with E-state index in [9.17, 15) is 19.5 Å². The fraction of sp³-hybridized carbons (Fsp3) is 0.769. The number of nitrogens with two attached hydrogens (primary N) is 1. The van der Waals surface area contributed by atoms with Crippen molar-refractivity contribution in [1.82, 2.24) is 4.90 Å². The second-order valence-corrected chi connectivity index (χ2v) is 6.08. The number of nitrogens with zero attached hydrogens (tertiary/aromatic N) is 1. The van der Waals surface area contributed by atoms with E-state index in [2.05, 4.69) is 0 Å². The van der Waals surface area contributed by atoms with Crippen molar-refractivity contribution in [1.29, 1.82) is 0 Å². The molecule has 2 unspecified atom stereocenters. The molecule has 0 aromatic rings. The van der Waals surface area contributed by atoms with Crippen molar-refractivity contribution < 1.29 is 19.5 Å². The van der Waals surface area contributed by atoms with E-state index in [0.29, 0.717) is 13.0 Å². The summed E-state index contributed by atoms with van der Waals surface area (Å²) in [4.78, 5) is 36.5. The van der Waals surface area contributed by atoms with Gasteiger partial charge in [-0.25, -0.2) is 0 Å². The van der Waals surface area contributed by atoms with Crippen LogP contribution in [-0.4, -0.2) is 40.4 Å². The van der Waals surface area contributed by atoms with E-state index in [0.717, 1.165) is 12.8 Å². The molecule has 0 bridgehead atoms. The van der Waals surface area contributed by atoms with Gasteiger partial charge in [0.25, 0.3) is 0 Å². The Balaban J connectivity index is 3.01. The minimum Gasteiger partial charge on any atom is -0.481 e. The fourth-order valence-corrected chi connectivity index (χ4v) is 2.50. The molecule has 0 aliphatic carbocycles. The zero-order valence-corrected chi connectivity index (χ0v) is 11.7. The highest BCUT2D eigenvalue weighted by Gasteiger charge is 2.43. The van der Waals surface area contributed by atoms with Crippen LogP contribution in [0.3, 0.4) is 0 Å². The predicted octanol–water partition coefficient (Wildman–Crippen LogP) is 0.600. The molecule has 1 aliphatic rings. The summed E-state index contributed by atoms with van der Waals surface area (Å²) in [6.07, 6.45) is 2.11. The van der Waals surface area contributed by atoms with E-state index < -0.39 is 35.2 Å². The monoisotopic (exact) mass is 270 g/mol. The Kier molecular flexibility index (Phi) is 4.55. The number of carboxylic acids is 1. The number of carboxylic acid groups (broad SMARTS) is 1. The molecule has 108 valence electrons. The van der Waals surface area contributed by atoms with Crippen LogP contribution in [0.5, 0.6) is 0 Å². The van der Waals surface area contributed by atoms with Gasteiger partial charge < -0.3 is 15.7 Å². The lowest BCUT2D eigenvalue weighted by Crippen LogP contribution is -2.55. The van der Waals surface area contributed by atoms with Gasteiger partial charge in [-0.2, -0.15) is 0 Å². The third-order valence-corrected chi connectivity index (χ3v) is 3.47. The smallest absolute Gasteiger partial charge is 0.316 e. The Morgan fingerprint density at radius 2 is 1.84 bits per heavy atom. The Morgan fingerprint density at radius 1 is 1.26 bits per heavy atom. The van der Waals surface area contributed by atoms with Gasteiger partial charge in [0.05, 0.1) is 0 Å². The number of rotatable bonds is 3. The molecule has 6 nitrogen and oxygen atoms in total. The minimum absolute atomic E-state index is 0.395. The maximum absolute atomic E-state index is 12.4. The minimum atomic E-state index is -1.16. The Bertz CT molecular complexity index is 387. The van der Waals surface area contributed by atoms with Gasteiger partial charge in [-0.05, 0) is 24.7 Å². The van der Waals surface area contributed by atoms with Gasteiger partial charge >= 0.3 is 5.97 Å². The molecular formula is C13H22N2O4. The predicted molar refractivity (Wildman–Crippen MR) is 69.1 cm³/mol. The van der Waals surface area contributed by atoms with Gasteiger partial charge in [0.2, 0.25) is 11.8 Å². The van der Waals surface area contributed by atoms with Gasteiger partial charge in [-0.3, -0.25) is 14.4 Å². The molecule has 3 N–H and O–H groups in total. The zero-order chi connectivity index (χ0) is 14.8. The Morgan fingerprint density at radius 3 is 2.26 bits per heavy atom. The van der Waals surface area contributed by atoms with E-state index in [1.807, 2.05) is 0 Å². The van der Waals surface area contributed by atoms with Crippen molar-refractivity contribution in [3.8, 4) is 0 Å². The van der Waals surface area contributed by atoms with Gasteiger partial charge in [-0.15, -0.1) is 0 Å². The average Bonchev–Trinajstić information content (AvgIpc) is 2.26. The summed E-state index contributed by atoms with van der Waals surface area (Å²) in [6, 6.07) is -0.676. The summed E-state index contributed by atoms with van der Waals surface area (Å²) in [6.45, 7) is 5.50. The first-order valence-electron chi connectivity index (χ1n) is 6.49. The molecular weight excluding hydrogens is 248 g/mol. The van der Waals surface area contributed by atoms with Crippen molar-refractivity contribution in [2.45, 2.75) is 46.1 Å². The molecule has 1 fully saturated rings. The second-order valence-electron chi connectivity index (χ2n) is 6.08. The Hall–Kier alpha value is -1.59. The molecule has 1 saturated heterocycles. The largest absolute Gasteiger partial charge is 0.481 e. The van der Waals surface area contributed by atoms with Crippen LogP contribution in [0.25, 0.3) is 0 Å². The van der Waals surface area contributed by atoms with Crippen LogP contribution in [-0.2, 0) is 14.4 Å². The summed E-state index contributed by atoms with van der Waals surface area (Å²) in [5, 5.41) is 9.27. The van der Waals surface area contributed by atoms with Gasteiger partial charge in [0.15, 0.2) is 0 Å². The van der Waals surface area contributed by atoms with Crippen molar-refractivity contribution in [3.05, 3.63) is 0 Å². The SMILES string of the molecule is CC(C)(C)C(C(=O)O)C(=O)N1CCCCC1C(N)=O. The van der Waals surface area contributed by atoms with Crippen LogP contribution in [0, 0.1) is 11.3 Å². The maximum atomic E-state index is 12.4. The third-order valence-electron chi connectivity index (χ3n) is 3.47.